The number of hydrogen-bond acceptors (Lipinski definition) is 3. The van der Waals surface area contributed by atoms with E-state index in [-0.39, 0.29) is 24.5 Å². The maximum absolute atomic E-state index is 13.1. The van der Waals surface area contributed by atoms with Crippen LogP contribution in [0.5, 0.6) is 0 Å². The van der Waals surface area contributed by atoms with E-state index in [1.165, 1.54) is 6.42 Å². The Bertz CT molecular complexity index is 1140. The molecular weight excluding hydrogens is 462 g/mol. The van der Waals surface area contributed by atoms with Crippen LogP contribution in [-0.2, 0) is 4.79 Å². The molecule has 184 valence electrons. The fourth-order valence-electron chi connectivity index (χ4n) is 4.42. The van der Waals surface area contributed by atoms with Gasteiger partial charge in [-0.3, -0.25) is 4.79 Å². The Morgan fingerprint density at radius 1 is 1.06 bits per heavy atom. The van der Waals surface area contributed by atoms with E-state index in [1.807, 2.05) is 61.5 Å². The van der Waals surface area contributed by atoms with E-state index in [9.17, 15) is 9.59 Å². The van der Waals surface area contributed by atoms with Crippen LogP contribution >= 0.6 is 11.6 Å². The van der Waals surface area contributed by atoms with Gasteiger partial charge in [-0.05, 0) is 31.4 Å². The average molecular weight is 494 g/mol. The standard InChI is InChI=1S/C27H32ClN5O2/c1-2-17-32(27(35)29-21-13-7-4-8-14-21)19-26(34)30-25-18-23(20-11-5-3-6-12-20)31-33(25)24-16-10-9-15-22(24)28/h3,5-6,9-12,15-16,18,21H,2,4,7-8,13-14,17,19H2,1H3,(H,29,35)(H,30,34). The van der Waals surface area contributed by atoms with Crippen LogP contribution < -0.4 is 10.6 Å². The molecular formula is C27H32ClN5O2. The van der Waals surface area contributed by atoms with Crippen LogP contribution in [0.2, 0.25) is 5.02 Å². The van der Waals surface area contributed by atoms with E-state index in [0.29, 0.717) is 28.8 Å². The lowest BCUT2D eigenvalue weighted by atomic mass is 9.96. The van der Waals surface area contributed by atoms with Crippen molar-refractivity contribution < 1.29 is 9.59 Å². The molecule has 2 aromatic carbocycles. The highest BCUT2D eigenvalue weighted by Gasteiger charge is 2.22. The summed E-state index contributed by atoms with van der Waals surface area (Å²) in [5.41, 5.74) is 2.29. The van der Waals surface area contributed by atoms with Gasteiger partial charge in [0, 0.05) is 24.2 Å². The molecule has 0 aliphatic heterocycles. The number of nitrogens with zero attached hydrogens (tertiary/aromatic N) is 3. The molecule has 0 radical (unpaired) electrons. The molecule has 8 heteroatoms. The second kappa shape index (κ2) is 11.9. The zero-order valence-electron chi connectivity index (χ0n) is 20.0. The molecule has 3 aromatic rings. The van der Waals surface area contributed by atoms with Gasteiger partial charge in [0.2, 0.25) is 5.91 Å². The van der Waals surface area contributed by atoms with Gasteiger partial charge in [-0.15, -0.1) is 0 Å². The molecule has 2 N–H and O–H groups in total. The van der Waals surface area contributed by atoms with Crippen molar-refractivity contribution in [3.05, 3.63) is 65.7 Å². The fraction of sp³-hybridized carbons (Fsp3) is 0.370. The van der Waals surface area contributed by atoms with Crippen LogP contribution in [0.4, 0.5) is 10.6 Å². The van der Waals surface area contributed by atoms with Gasteiger partial charge in [0.1, 0.15) is 12.4 Å². The van der Waals surface area contributed by atoms with Crippen LogP contribution in [0.15, 0.2) is 60.7 Å². The third kappa shape index (κ3) is 6.42. The minimum atomic E-state index is -0.287. The molecule has 0 spiro atoms. The van der Waals surface area contributed by atoms with Crippen LogP contribution in [0, 0.1) is 0 Å². The first-order chi connectivity index (χ1) is 17.0. The number of carbonyl (C=O) groups excluding carboxylic acids is 2. The van der Waals surface area contributed by atoms with Gasteiger partial charge in [0.25, 0.3) is 0 Å². The molecule has 4 rings (SSSR count). The van der Waals surface area contributed by atoms with Gasteiger partial charge in [-0.25, -0.2) is 9.48 Å². The smallest absolute Gasteiger partial charge is 0.318 e. The van der Waals surface area contributed by atoms with Crippen molar-refractivity contribution in [1.82, 2.24) is 20.0 Å². The number of carbonyl (C=O) groups is 2. The molecule has 1 aliphatic rings. The number of amides is 3. The highest BCUT2D eigenvalue weighted by molar-refractivity contribution is 6.32. The zero-order chi connectivity index (χ0) is 24.6. The monoisotopic (exact) mass is 493 g/mol. The SMILES string of the molecule is CCCN(CC(=O)Nc1cc(-c2ccccc2)nn1-c1ccccc1Cl)C(=O)NC1CCCCC1. The molecule has 3 amide bonds. The highest BCUT2D eigenvalue weighted by atomic mass is 35.5. The quantitative estimate of drug-likeness (QED) is 0.411. The molecule has 7 nitrogen and oxygen atoms in total. The first-order valence-corrected chi connectivity index (χ1v) is 12.7. The lowest BCUT2D eigenvalue weighted by Gasteiger charge is -2.28. The highest BCUT2D eigenvalue weighted by Crippen LogP contribution is 2.28. The Hall–Kier alpha value is -3.32. The third-order valence-electron chi connectivity index (χ3n) is 6.18. The van der Waals surface area contributed by atoms with E-state index in [2.05, 4.69) is 10.6 Å². The second-order valence-corrected chi connectivity index (χ2v) is 9.31. The van der Waals surface area contributed by atoms with Crippen molar-refractivity contribution in [2.24, 2.45) is 0 Å². The summed E-state index contributed by atoms with van der Waals surface area (Å²) in [5.74, 6) is 0.205. The van der Waals surface area contributed by atoms with Crippen molar-refractivity contribution in [2.75, 3.05) is 18.4 Å². The van der Waals surface area contributed by atoms with Crippen molar-refractivity contribution in [3.63, 3.8) is 0 Å². The molecule has 1 heterocycles. The Morgan fingerprint density at radius 2 is 1.77 bits per heavy atom. The van der Waals surface area contributed by atoms with Crippen molar-refractivity contribution in [3.8, 4) is 16.9 Å². The third-order valence-corrected chi connectivity index (χ3v) is 6.49. The second-order valence-electron chi connectivity index (χ2n) is 8.90. The van der Waals surface area contributed by atoms with E-state index in [0.717, 1.165) is 37.7 Å². The van der Waals surface area contributed by atoms with Crippen LogP contribution in [-0.4, -0.2) is 45.8 Å². The summed E-state index contributed by atoms with van der Waals surface area (Å²) in [7, 11) is 0. The number of rotatable bonds is 8. The normalized spacial score (nSPS) is 13.9. The zero-order valence-corrected chi connectivity index (χ0v) is 20.8. The summed E-state index contributed by atoms with van der Waals surface area (Å²) in [6.07, 6.45) is 6.25. The van der Waals surface area contributed by atoms with Gasteiger partial charge in [-0.1, -0.05) is 80.3 Å². The molecule has 0 unspecified atom stereocenters. The van der Waals surface area contributed by atoms with Crippen LogP contribution in [0.1, 0.15) is 45.4 Å². The maximum Gasteiger partial charge on any atom is 0.318 e. The maximum atomic E-state index is 13.1. The summed E-state index contributed by atoms with van der Waals surface area (Å²) in [6, 6.07) is 18.9. The van der Waals surface area contributed by atoms with E-state index < -0.39 is 0 Å². The number of anilines is 1. The molecule has 1 saturated carbocycles. The number of hydrogen-bond donors (Lipinski definition) is 2. The first kappa shape index (κ1) is 24.8. The van der Waals surface area contributed by atoms with E-state index in [1.54, 1.807) is 15.6 Å². The van der Waals surface area contributed by atoms with Gasteiger partial charge >= 0.3 is 6.03 Å². The fourth-order valence-corrected chi connectivity index (χ4v) is 4.63. The minimum Gasteiger partial charge on any atom is -0.335 e. The van der Waals surface area contributed by atoms with Crippen LogP contribution in [0.3, 0.4) is 0 Å². The topological polar surface area (TPSA) is 79.3 Å². The van der Waals surface area contributed by atoms with Gasteiger partial charge < -0.3 is 15.5 Å². The van der Waals surface area contributed by atoms with Gasteiger partial charge in [0.05, 0.1) is 16.4 Å². The lowest BCUT2D eigenvalue weighted by molar-refractivity contribution is -0.116. The molecule has 0 bridgehead atoms. The Balaban J connectivity index is 1.53. The molecule has 1 aliphatic carbocycles. The number of aromatic nitrogens is 2. The number of halogens is 1. The van der Waals surface area contributed by atoms with E-state index >= 15 is 0 Å². The molecule has 0 saturated heterocycles. The summed E-state index contributed by atoms with van der Waals surface area (Å²) < 4.78 is 1.63. The van der Waals surface area contributed by atoms with Crippen molar-refractivity contribution in [2.45, 2.75) is 51.5 Å². The summed E-state index contributed by atoms with van der Waals surface area (Å²) >= 11 is 6.45. The van der Waals surface area contributed by atoms with Gasteiger partial charge in [0.15, 0.2) is 0 Å². The molecule has 1 fully saturated rings. The Labute approximate surface area is 211 Å². The summed E-state index contributed by atoms with van der Waals surface area (Å²) in [4.78, 5) is 27.6. The van der Waals surface area contributed by atoms with Crippen molar-refractivity contribution >= 4 is 29.4 Å². The van der Waals surface area contributed by atoms with Crippen LogP contribution in [0.25, 0.3) is 16.9 Å². The number of para-hydroxylation sites is 1. The van der Waals surface area contributed by atoms with Gasteiger partial charge in [-0.2, -0.15) is 5.10 Å². The van der Waals surface area contributed by atoms with E-state index in [4.69, 9.17) is 16.7 Å². The predicted octanol–water partition coefficient (Wildman–Crippen LogP) is 5.89. The predicted molar refractivity (Wildman–Crippen MR) is 140 cm³/mol. The molecule has 0 atom stereocenters. The molecule has 1 aromatic heterocycles. The summed E-state index contributed by atoms with van der Waals surface area (Å²) in [5, 5.41) is 11.3. The van der Waals surface area contributed by atoms with Crippen molar-refractivity contribution in [1.29, 1.82) is 0 Å². The first-order valence-electron chi connectivity index (χ1n) is 12.3. The number of nitrogens with one attached hydrogen (secondary N) is 2. The Kier molecular flexibility index (Phi) is 8.42. The summed E-state index contributed by atoms with van der Waals surface area (Å²) in [6.45, 7) is 2.46. The average Bonchev–Trinajstić information content (AvgIpc) is 3.28. The number of benzene rings is 2. The largest absolute Gasteiger partial charge is 0.335 e. The number of urea groups is 1. The molecule has 35 heavy (non-hydrogen) atoms. The minimum absolute atomic E-state index is 0.0409. The Morgan fingerprint density at radius 3 is 2.49 bits per heavy atom. The lowest BCUT2D eigenvalue weighted by Crippen LogP contribution is -2.48.